The Morgan fingerprint density at radius 2 is 1.47 bits per heavy atom. The molecule has 108 valence electrons. The summed E-state index contributed by atoms with van der Waals surface area (Å²) in [6.07, 6.45) is 13.5. The average Bonchev–Trinajstić information content (AvgIpc) is 2.39. The second-order valence-corrected chi connectivity index (χ2v) is 4.96. The lowest BCUT2D eigenvalue weighted by Crippen LogP contribution is -3.00. The summed E-state index contributed by atoms with van der Waals surface area (Å²) < 4.78 is 1.95. The SMILES string of the molecule is CCCCCCCCCC(=O)C[n+]1ccccc1.[I-]. The predicted molar refractivity (Wildman–Crippen MR) is 74.3 cm³/mol. The van der Waals surface area contributed by atoms with Crippen molar-refractivity contribution in [3.63, 3.8) is 0 Å². The number of rotatable bonds is 10. The molecule has 0 fully saturated rings. The summed E-state index contributed by atoms with van der Waals surface area (Å²) in [5, 5.41) is 0. The van der Waals surface area contributed by atoms with Gasteiger partial charge in [0.25, 0.3) is 0 Å². The number of hydrogen-bond acceptors (Lipinski definition) is 1. The van der Waals surface area contributed by atoms with Crippen LogP contribution >= 0.6 is 0 Å². The fourth-order valence-electron chi connectivity index (χ4n) is 2.10. The molecule has 2 nitrogen and oxygen atoms in total. The molecule has 0 saturated heterocycles. The van der Waals surface area contributed by atoms with Crippen LogP contribution in [0.3, 0.4) is 0 Å². The molecule has 0 spiro atoms. The first-order chi connectivity index (χ1) is 8.83. The highest BCUT2D eigenvalue weighted by atomic mass is 127. The van der Waals surface area contributed by atoms with Gasteiger partial charge in [-0.3, -0.25) is 4.79 Å². The first-order valence-corrected chi connectivity index (χ1v) is 7.28. The number of aromatic nitrogens is 1. The molecule has 1 aromatic heterocycles. The molecule has 0 aliphatic heterocycles. The van der Waals surface area contributed by atoms with Crippen molar-refractivity contribution >= 4 is 5.78 Å². The molecule has 0 N–H and O–H groups in total. The second kappa shape index (κ2) is 12.6. The Labute approximate surface area is 134 Å². The summed E-state index contributed by atoms with van der Waals surface area (Å²) in [6.45, 7) is 2.76. The number of nitrogens with zero attached hydrogens (tertiary/aromatic N) is 1. The highest BCUT2D eigenvalue weighted by molar-refractivity contribution is 5.76. The molecule has 0 aromatic carbocycles. The van der Waals surface area contributed by atoms with Crippen LogP contribution in [-0.4, -0.2) is 5.78 Å². The summed E-state index contributed by atoms with van der Waals surface area (Å²) in [7, 11) is 0. The number of ketones is 1. The number of pyridine rings is 1. The summed E-state index contributed by atoms with van der Waals surface area (Å²) >= 11 is 0. The maximum absolute atomic E-state index is 11.7. The van der Waals surface area contributed by atoms with Gasteiger partial charge in [0.05, 0.1) is 0 Å². The number of halogens is 1. The van der Waals surface area contributed by atoms with E-state index in [1.165, 1.54) is 38.5 Å². The largest absolute Gasteiger partial charge is 1.00 e. The third-order valence-corrected chi connectivity index (χ3v) is 3.20. The van der Waals surface area contributed by atoms with Gasteiger partial charge in [0.15, 0.2) is 18.2 Å². The third-order valence-electron chi connectivity index (χ3n) is 3.20. The van der Waals surface area contributed by atoms with Crippen LogP contribution in [0.2, 0.25) is 0 Å². The summed E-state index contributed by atoms with van der Waals surface area (Å²) in [5.41, 5.74) is 0. The summed E-state index contributed by atoms with van der Waals surface area (Å²) in [5.74, 6) is 0.347. The second-order valence-electron chi connectivity index (χ2n) is 4.96. The molecule has 0 unspecified atom stereocenters. The standard InChI is InChI=1S/C16H26NO.HI/c1-2-3-4-5-6-7-9-12-16(18)15-17-13-10-8-11-14-17;/h8,10-11,13-14H,2-7,9,12,15H2,1H3;1H/q+1;/p-1. The molecule has 0 saturated carbocycles. The van der Waals surface area contributed by atoms with E-state index in [-0.39, 0.29) is 24.0 Å². The van der Waals surface area contributed by atoms with E-state index >= 15 is 0 Å². The normalized spacial score (nSPS) is 9.95. The van der Waals surface area contributed by atoms with E-state index in [4.69, 9.17) is 0 Å². The molecule has 0 aliphatic rings. The van der Waals surface area contributed by atoms with E-state index in [1.807, 2.05) is 35.2 Å². The third kappa shape index (κ3) is 10.0. The van der Waals surface area contributed by atoms with E-state index in [2.05, 4.69) is 6.92 Å². The molecule has 0 atom stereocenters. The van der Waals surface area contributed by atoms with Crippen LogP contribution in [0.1, 0.15) is 58.3 Å². The first kappa shape index (κ1) is 18.6. The van der Waals surface area contributed by atoms with Crippen LogP contribution in [0.4, 0.5) is 0 Å². The Kier molecular flexibility index (Phi) is 12.3. The Morgan fingerprint density at radius 1 is 0.895 bits per heavy atom. The minimum absolute atomic E-state index is 0. The molecular weight excluding hydrogens is 349 g/mol. The molecule has 0 radical (unpaired) electrons. The fourth-order valence-corrected chi connectivity index (χ4v) is 2.10. The van der Waals surface area contributed by atoms with Gasteiger partial charge in [0.2, 0.25) is 6.54 Å². The highest BCUT2D eigenvalue weighted by Gasteiger charge is 2.07. The van der Waals surface area contributed by atoms with Gasteiger partial charge in [-0.25, -0.2) is 0 Å². The maximum Gasteiger partial charge on any atom is 0.206 e. The van der Waals surface area contributed by atoms with Crippen molar-refractivity contribution in [2.24, 2.45) is 0 Å². The van der Waals surface area contributed by atoms with Gasteiger partial charge in [-0.15, -0.1) is 0 Å². The van der Waals surface area contributed by atoms with E-state index in [0.29, 0.717) is 12.3 Å². The molecule has 19 heavy (non-hydrogen) atoms. The molecule has 0 amide bonds. The van der Waals surface area contributed by atoms with Gasteiger partial charge in [-0.05, 0) is 6.42 Å². The zero-order chi connectivity index (χ0) is 13.1. The van der Waals surface area contributed by atoms with Crippen LogP contribution in [0.5, 0.6) is 0 Å². The summed E-state index contributed by atoms with van der Waals surface area (Å²) in [6, 6.07) is 5.89. The number of unbranched alkanes of at least 4 members (excludes halogenated alkanes) is 6. The lowest BCUT2D eigenvalue weighted by Gasteiger charge is -2.00. The number of hydrogen-bond donors (Lipinski definition) is 0. The monoisotopic (exact) mass is 375 g/mol. The quantitative estimate of drug-likeness (QED) is 0.335. The highest BCUT2D eigenvalue weighted by Crippen LogP contribution is 2.08. The van der Waals surface area contributed by atoms with Crippen molar-refractivity contribution in [2.45, 2.75) is 64.8 Å². The minimum Gasteiger partial charge on any atom is -1.00 e. The van der Waals surface area contributed by atoms with Crippen LogP contribution < -0.4 is 28.5 Å². The predicted octanol–water partition coefficient (Wildman–Crippen LogP) is 0.688. The lowest BCUT2D eigenvalue weighted by molar-refractivity contribution is -0.684. The molecule has 1 heterocycles. The number of carbonyl (C=O) groups excluding carboxylic acids is 1. The van der Waals surface area contributed by atoms with E-state index in [1.54, 1.807) is 0 Å². The zero-order valence-corrected chi connectivity index (χ0v) is 14.1. The van der Waals surface area contributed by atoms with Gasteiger partial charge < -0.3 is 24.0 Å². The minimum atomic E-state index is 0. The fraction of sp³-hybridized carbons (Fsp3) is 0.625. The van der Waals surface area contributed by atoms with Crippen molar-refractivity contribution in [3.05, 3.63) is 30.6 Å². The smallest absolute Gasteiger partial charge is 0.206 e. The van der Waals surface area contributed by atoms with Crippen molar-refractivity contribution in [1.29, 1.82) is 0 Å². The van der Waals surface area contributed by atoms with Gasteiger partial charge in [-0.1, -0.05) is 51.5 Å². The number of carbonyl (C=O) groups is 1. The van der Waals surface area contributed by atoms with Crippen molar-refractivity contribution < 1.29 is 33.3 Å². The van der Waals surface area contributed by atoms with Crippen molar-refractivity contribution in [1.82, 2.24) is 0 Å². The average molecular weight is 375 g/mol. The van der Waals surface area contributed by atoms with Gasteiger partial charge >= 0.3 is 0 Å². The Hall–Kier alpha value is -0.450. The van der Waals surface area contributed by atoms with Crippen LogP contribution in [0.15, 0.2) is 30.6 Å². The van der Waals surface area contributed by atoms with Crippen molar-refractivity contribution in [2.75, 3.05) is 0 Å². The Bertz CT molecular complexity index is 327. The molecule has 3 heteroatoms. The van der Waals surface area contributed by atoms with Gasteiger partial charge in [0.1, 0.15) is 0 Å². The van der Waals surface area contributed by atoms with E-state index in [9.17, 15) is 4.79 Å². The van der Waals surface area contributed by atoms with Crippen LogP contribution in [0, 0.1) is 0 Å². The van der Waals surface area contributed by atoms with E-state index < -0.39 is 0 Å². The zero-order valence-electron chi connectivity index (χ0n) is 12.0. The molecular formula is C16H26INO. The lowest BCUT2D eigenvalue weighted by atomic mass is 10.1. The van der Waals surface area contributed by atoms with Crippen LogP contribution in [-0.2, 0) is 11.3 Å². The molecule has 0 aliphatic carbocycles. The molecule has 0 bridgehead atoms. The van der Waals surface area contributed by atoms with Crippen molar-refractivity contribution in [3.8, 4) is 0 Å². The van der Waals surface area contributed by atoms with Crippen LogP contribution in [0.25, 0.3) is 0 Å². The summed E-state index contributed by atoms with van der Waals surface area (Å²) in [4.78, 5) is 11.7. The first-order valence-electron chi connectivity index (χ1n) is 7.28. The Balaban J connectivity index is 0.00000324. The van der Waals surface area contributed by atoms with Gasteiger partial charge in [-0.2, -0.15) is 4.57 Å². The molecule has 1 aromatic rings. The van der Waals surface area contributed by atoms with E-state index in [0.717, 1.165) is 12.8 Å². The number of Topliss-reactive ketones (excluding diaryl/α,β-unsaturated/α-hetero) is 1. The molecule has 1 rings (SSSR count). The van der Waals surface area contributed by atoms with Gasteiger partial charge in [0, 0.05) is 18.6 Å². The topological polar surface area (TPSA) is 20.9 Å². The Morgan fingerprint density at radius 3 is 2.11 bits per heavy atom. The maximum atomic E-state index is 11.7.